The van der Waals surface area contributed by atoms with Gasteiger partial charge in [0.05, 0.1) is 17.9 Å². The van der Waals surface area contributed by atoms with Crippen LogP contribution in [0.1, 0.15) is 29.2 Å². The predicted octanol–water partition coefficient (Wildman–Crippen LogP) is 4.37. The van der Waals surface area contributed by atoms with E-state index in [9.17, 15) is 14.7 Å². The summed E-state index contributed by atoms with van der Waals surface area (Å²) in [5, 5.41) is 11.1. The van der Waals surface area contributed by atoms with Gasteiger partial charge in [0.1, 0.15) is 18.1 Å². The van der Waals surface area contributed by atoms with Gasteiger partial charge in [-0.3, -0.25) is 14.6 Å². The number of pyridine rings is 1. The van der Waals surface area contributed by atoms with Gasteiger partial charge in [-0.05, 0) is 41.8 Å². The van der Waals surface area contributed by atoms with Gasteiger partial charge in [-0.2, -0.15) is 0 Å². The van der Waals surface area contributed by atoms with Crippen LogP contribution >= 0.6 is 0 Å². The molecule has 1 saturated heterocycles. The molecule has 1 N–H and O–H groups in total. The van der Waals surface area contributed by atoms with Gasteiger partial charge in [-0.1, -0.05) is 42.5 Å². The first-order chi connectivity index (χ1) is 18.1. The van der Waals surface area contributed by atoms with Gasteiger partial charge in [0.15, 0.2) is 0 Å². The van der Waals surface area contributed by atoms with E-state index in [4.69, 9.17) is 4.74 Å². The average Bonchev–Trinajstić information content (AvgIpc) is 3.55. The molecule has 4 aromatic rings. The van der Waals surface area contributed by atoms with Crippen molar-refractivity contribution in [1.82, 2.24) is 19.4 Å². The van der Waals surface area contributed by atoms with Crippen LogP contribution in [0.25, 0.3) is 5.76 Å². The molecular formula is C29H26N4O4. The van der Waals surface area contributed by atoms with Crippen molar-refractivity contribution in [2.24, 2.45) is 0 Å². The molecule has 2 aromatic carbocycles. The number of benzene rings is 2. The Hall–Kier alpha value is -4.72. The van der Waals surface area contributed by atoms with Gasteiger partial charge in [0.2, 0.25) is 0 Å². The van der Waals surface area contributed by atoms with Crippen LogP contribution in [0, 0.1) is 0 Å². The standard InChI is InChI=1S/C29H26N4O4/c34-27(23-11-13-30-14-12-23)25-26(33(29(36)28(25)35)17-4-16-32-18-15-31-20-32)22-7-9-24(10-8-22)37-19-21-5-2-1-3-6-21/h1-3,5-15,18,20,26,34H,4,16-17,19H2. The molecule has 0 bridgehead atoms. The van der Waals surface area contributed by atoms with Crippen molar-refractivity contribution < 1.29 is 19.4 Å². The van der Waals surface area contributed by atoms with E-state index in [1.54, 1.807) is 24.7 Å². The highest BCUT2D eigenvalue weighted by Gasteiger charge is 2.45. The van der Waals surface area contributed by atoms with Crippen molar-refractivity contribution in [3.63, 3.8) is 0 Å². The number of imidazole rings is 1. The topological polar surface area (TPSA) is 97.6 Å². The van der Waals surface area contributed by atoms with Crippen LogP contribution < -0.4 is 4.74 Å². The largest absolute Gasteiger partial charge is 0.507 e. The first-order valence-corrected chi connectivity index (χ1v) is 12.0. The monoisotopic (exact) mass is 494 g/mol. The maximum absolute atomic E-state index is 13.2. The number of hydrogen-bond acceptors (Lipinski definition) is 6. The number of rotatable bonds is 9. The number of Topliss-reactive ketones (excluding diaryl/α,β-unsaturated/α-hetero) is 1. The van der Waals surface area contributed by atoms with Crippen molar-refractivity contribution >= 4 is 17.4 Å². The van der Waals surface area contributed by atoms with E-state index in [1.807, 2.05) is 65.4 Å². The summed E-state index contributed by atoms with van der Waals surface area (Å²) in [6.07, 6.45) is 8.94. The maximum Gasteiger partial charge on any atom is 0.295 e. The molecule has 186 valence electrons. The molecule has 0 spiro atoms. The molecule has 5 rings (SSSR count). The zero-order valence-electron chi connectivity index (χ0n) is 20.1. The lowest BCUT2D eigenvalue weighted by molar-refractivity contribution is -0.139. The van der Waals surface area contributed by atoms with E-state index in [0.29, 0.717) is 43.0 Å². The molecule has 37 heavy (non-hydrogen) atoms. The highest BCUT2D eigenvalue weighted by atomic mass is 16.5. The highest BCUT2D eigenvalue weighted by molar-refractivity contribution is 6.46. The Morgan fingerprint density at radius 2 is 1.65 bits per heavy atom. The van der Waals surface area contributed by atoms with Crippen LogP contribution in [0.4, 0.5) is 0 Å². The van der Waals surface area contributed by atoms with Crippen LogP contribution in [-0.4, -0.2) is 42.8 Å². The minimum atomic E-state index is -0.723. The summed E-state index contributed by atoms with van der Waals surface area (Å²) in [7, 11) is 0. The first kappa shape index (κ1) is 24.0. The number of carbonyl (C=O) groups excluding carboxylic acids is 2. The third kappa shape index (κ3) is 5.28. The smallest absolute Gasteiger partial charge is 0.295 e. The van der Waals surface area contributed by atoms with Crippen LogP contribution in [0.5, 0.6) is 5.75 Å². The summed E-state index contributed by atoms with van der Waals surface area (Å²) in [5.41, 5.74) is 2.26. The second-order valence-corrected chi connectivity index (χ2v) is 8.73. The van der Waals surface area contributed by atoms with Gasteiger partial charge in [0, 0.05) is 43.4 Å². The summed E-state index contributed by atoms with van der Waals surface area (Å²) < 4.78 is 7.82. The van der Waals surface area contributed by atoms with Gasteiger partial charge in [-0.25, -0.2) is 4.98 Å². The number of ketones is 1. The molecule has 1 aliphatic heterocycles. The summed E-state index contributed by atoms with van der Waals surface area (Å²) in [6, 6.07) is 19.6. The van der Waals surface area contributed by atoms with Crippen LogP contribution in [-0.2, 0) is 22.7 Å². The molecule has 0 radical (unpaired) electrons. The average molecular weight is 495 g/mol. The van der Waals surface area contributed by atoms with Crippen molar-refractivity contribution in [3.8, 4) is 5.75 Å². The number of aliphatic hydroxyl groups excluding tert-OH is 1. The lowest BCUT2D eigenvalue weighted by atomic mass is 9.95. The van der Waals surface area contributed by atoms with Crippen LogP contribution in [0.2, 0.25) is 0 Å². The van der Waals surface area contributed by atoms with Crippen molar-refractivity contribution in [2.45, 2.75) is 25.6 Å². The molecule has 3 heterocycles. The normalized spacial score (nSPS) is 16.8. The zero-order valence-corrected chi connectivity index (χ0v) is 20.1. The van der Waals surface area contributed by atoms with E-state index >= 15 is 0 Å². The lowest BCUT2D eigenvalue weighted by Crippen LogP contribution is -2.31. The van der Waals surface area contributed by atoms with Gasteiger partial charge in [0.25, 0.3) is 11.7 Å². The van der Waals surface area contributed by atoms with Crippen molar-refractivity contribution in [1.29, 1.82) is 0 Å². The van der Waals surface area contributed by atoms with Crippen molar-refractivity contribution in [2.75, 3.05) is 6.54 Å². The van der Waals surface area contributed by atoms with E-state index in [-0.39, 0.29) is 11.3 Å². The fraction of sp³-hybridized carbons (Fsp3) is 0.172. The Balaban J connectivity index is 1.43. The maximum atomic E-state index is 13.2. The molecule has 1 atom stereocenters. The Labute approximate surface area is 214 Å². The van der Waals surface area contributed by atoms with Gasteiger partial charge in [-0.15, -0.1) is 0 Å². The molecule has 1 fully saturated rings. The third-order valence-corrected chi connectivity index (χ3v) is 6.31. The second-order valence-electron chi connectivity index (χ2n) is 8.73. The Kier molecular flexibility index (Phi) is 7.07. The van der Waals surface area contributed by atoms with Crippen LogP contribution in [0.3, 0.4) is 0 Å². The molecule has 1 amide bonds. The number of amides is 1. The van der Waals surface area contributed by atoms with Crippen molar-refractivity contribution in [3.05, 3.63) is 120 Å². The number of ether oxygens (including phenoxy) is 1. The Morgan fingerprint density at radius 1 is 0.892 bits per heavy atom. The first-order valence-electron chi connectivity index (χ1n) is 12.0. The number of aromatic nitrogens is 3. The third-order valence-electron chi connectivity index (χ3n) is 6.31. The molecule has 8 nitrogen and oxygen atoms in total. The van der Waals surface area contributed by atoms with Gasteiger partial charge < -0.3 is 19.3 Å². The SMILES string of the molecule is O=C1C(=O)N(CCCn2ccnc2)C(c2ccc(OCc3ccccc3)cc2)C1=C(O)c1ccncc1. The minimum absolute atomic E-state index is 0.0665. The molecule has 1 unspecified atom stereocenters. The highest BCUT2D eigenvalue weighted by Crippen LogP contribution is 2.39. The summed E-state index contributed by atoms with van der Waals surface area (Å²) in [6.45, 7) is 1.41. The number of likely N-dealkylation sites (tertiary alicyclic amines) is 1. The van der Waals surface area contributed by atoms with E-state index in [2.05, 4.69) is 9.97 Å². The lowest BCUT2D eigenvalue weighted by Gasteiger charge is -2.25. The molecular weight excluding hydrogens is 468 g/mol. The number of aryl methyl sites for hydroxylation is 1. The fourth-order valence-electron chi connectivity index (χ4n) is 4.45. The molecule has 1 aliphatic rings. The fourth-order valence-corrected chi connectivity index (χ4v) is 4.45. The van der Waals surface area contributed by atoms with E-state index in [0.717, 1.165) is 5.56 Å². The molecule has 0 aliphatic carbocycles. The minimum Gasteiger partial charge on any atom is -0.507 e. The van der Waals surface area contributed by atoms with E-state index in [1.165, 1.54) is 17.3 Å². The number of carbonyl (C=O) groups is 2. The molecule has 0 saturated carbocycles. The number of hydrogen-bond donors (Lipinski definition) is 1. The summed E-state index contributed by atoms with van der Waals surface area (Å²) in [4.78, 5) is 35.9. The van der Waals surface area contributed by atoms with Crippen LogP contribution in [0.15, 0.2) is 103 Å². The Morgan fingerprint density at radius 3 is 2.35 bits per heavy atom. The Bertz CT molecular complexity index is 1390. The number of aliphatic hydroxyl groups is 1. The zero-order chi connectivity index (χ0) is 25.6. The summed E-state index contributed by atoms with van der Waals surface area (Å²) >= 11 is 0. The summed E-state index contributed by atoms with van der Waals surface area (Å²) in [5.74, 6) is -0.881. The quantitative estimate of drug-likeness (QED) is 0.211. The van der Waals surface area contributed by atoms with E-state index < -0.39 is 17.7 Å². The molecule has 8 heteroatoms. The van der Waals surface area contributed by atoms with Gasteiger partial charge >= 0.3 is 0 Å². The number of nitrogens with zero attached hydrogens (tertiary/aromatic N) is 4. The predicted molar refractivity (Wildman–Crippen MR) is 137 cm³/mol. The second kappa shape index (κ2) is 10.9. The molecule has 2 aromatic heterocycles.